The standard InChI is InChI=1S/C12H15NO3/c1-2-13-10-6-4-3-5-8(10)7-9(11(13)14)12(15)16/h7H,2-6H2,1H3,(H,15,16). The van der Waals surface area contributed by atoms with Crippen LogP contribution in [0.5, 0.6) is 0 Å². The second-order valence-corrected chi connectivity index (χ2v) is 4.09. The molecule has 0 aromatic carbocycles. The molecule has 2 rings (SSSR count). The van der Waals surface area contributed by atoms with Crippen LogP contribution in [0.25, 0.3) is 0 Å². The van der Waals surface area contributed by atoms with Crippen LogP contribution in [0.15, 0.2) is 10.9 Å². The third kappa shape index (κ3) is 1.64. The minimum Gasteiger partial charge on any atom is -0.477 e. The number of carboxylic acids is 1. The molecule has 0 saturated carbocycles. The summed E-state index contributed by atoms with van der Waals surface area (Å²) in [7, 11) is 0. The highest BCUT2D eigenvalue weighted by Crippen LogP contribution is 2.20. The quantitative estimate of drug-likeness (QED) is 0.822. The van der Waals surface area contributed by atoms with Crippen molar-refractivity contribution in [3.63, 3.8) is 0 Å². The Hall–Kier alpha value is -1.58. The Labute approximate surface area is 93.5 Å². The second-order valence-electron chi connectivity index (χ2n) is 4.09. The van der Waals surface area contributed by atoms with E-state index in [-0.39, 0.29) is 11.1 Å². The lowest BCUT2D eigenvalue weighted by Gasteiger charge is -2.20. The number of rotatable bonds is 2. The molecule has 1 aromatic rings. The van der Waals surface area contributed by atoms with E-state index in [0.717, 1.165) is 36.9 Å². The van der Waals surface area contributed by atoms with Gasteiger partial charge in [0.15, 0.2) is 0 Å². The van der Waals surface area contributed by atoms with Crippen LogP contribution in [-0.4, -0.2) is 15.6 Å². The van der Waals surface area contributed by atoms with Crippen molar-refractivity contribution in [1.82, 2.24) is 4.57 Å². The molecule has 4 nitrogen and oxygen atoms in total. The highest BCUT2D eigenvalue weighted by molar-refractivity contribution is 5.87. The topological polar surface area (TPSA) is 59.3 Å². The number of pyridine rings is 1. The van der Waals surface area contributed by atoms with E-state index in [9.17, 15) is 9.59 Å². The van der Waals surface area contributed by atoms with E-state index >= 15 is 0 Å². The molecular formula is C12H15NO3. The Morgan fingerprint density at radius 1 is 1.44 bits per heavy atom. The zero-order valence-electron chi connectivity index (χ0n) is 9.32. The van der Waals surface area contributed by atoms with Crippen molar-refractivity contribution >= 4 is 5.97 Å². The van der Waals surface area contributed by atoms with Crippen molar-refractivity contribution in [2.75, 3.05) is 0 Å². The number of carbonyl (C=O) groups is 1. The Morgan fingerprint density at radius 3 is 2.75 bits per heavy atom. The lowest BCUT2D eigenvalue weighted by Crippen LogP contribution is -2.30. The van der Waals surface area contributed by atoms with E-state index in [0.29, 0.717) is 6.54 Å². The smallest absolute Gasteiger partial charge is 0.341 e. The summed E-state index contributed by atoms with van der Waals surface area (Å²) in [5.41, 5.74) is 1.60. The van der Waals surface area contributed by atoms with Crippen LogP contribution in [0.3, 0.4) is 0 Å². The third-order valence-corrected chi connectivity index (χ3v) is 3.15. The molecule has 86 valence electrons. The molecule has 1 heterocycles. The molecule has 0 bridgehead atoms. The minimum absolute atomic E-state index is 0.0949. The summed E-state index contributed by atoms with van der Waals surface area (Å²) in [6.07, 6.45) is 3.93. The van der Waals surface area contributed by atoms with Crippen molar-refractivity contribution in [2.24, 2.45) is 0 Å². The van der Waals surface area contributed by atoms with E-state index in [1.807, 2.05) is 6.92 Å². The van der Waals surface area contributed by atoms with E-state index in [2.05, 4.69) is 0 Å². The van der Waals surface area contributed by atoms with E-state index in [1.54, 1.807) is 10.6 Å². The number of aromatic nitrogens is 1. The van der Waals surface area contributed by atoms with Crippen LogP contribution in [0.4, 0.5) is 0 Å². The molecule has 0 radical (unpaired) electrons. The fraction of sp³-hybridized carbons (Fsp3) is 0.500. The van der Waals surface area contributed by atoms with Gasteiger partial charge in [-0.15, -0.1) is 0 Å². The van der Waals surface area contributed by atoms with Gasteiger partial charge in [0.2, 0.25) is 0 Å². The maximum Gasteiger partial charge on any atom is 0.341 e. The first kappa shape index (κ1) is 10.9. The number of carboxylic acid groups (broad SMARTS) is 1. The molecule has 16 heavy (non-hydrogen) atoms. The lowest BCUT2D eigenvalue weighted by atomic mass is 9.94. The normalized spacial score (nSPS) is 14.6. The molecule has 0 amide bonds. The minimum atomic E-state index is -1.12. The van der Waals surface area contributed by atoms with Gasteiger partial charge in [0, 0.05) is 12.2 Å². The van der Waals surface area contributed by atoms with Gasteiger partial charge in [-0.2, -0.15) is 0 Å². The third-order valence-electron chi connectivity index (χ3n) is 3.15. The molecule has 0 unspecified atom stereocenters. The van der Waals surface area contributed by atoms with Crippen LogP contribution < -0.4 is 5.56 Å². The lowest BCUT2D eigenvalue weighted by molar-refractivity contribution is 0.0694. The van der Waals surface area contributed by atoms with E-state index in [4.69, 9.17) is 5.11 Å². The fourth-order valence-electron chi connectivity index (χ4n) is 2.37. The average Bonchev–Trinajstić information content (AvgIpc) is 2.28. The first-order chi connectivity index (χ1) is 7.65. The maximum atomic E-state index is 11.9. The molecular weight excluding hydrogens is 206 g/mol. The number of hydrogen-bond acceptors (Lipinski definition) is 2. The number of fused-ring (bicyclic) bond motifs is 1. The number of nitrogens with zero attached hydrogens (tertiary/aromatic N) is 1. The second kappa shape index (κ2) is 4.12. The number of hydrogen-bond donors (Lipinski definition) is 1. The predicted molar refractivity (Wildman–Crippen MR) is 60.0 cm³/mol. The Kier molecular flexibility index (Phi) is 2.81. The van der Waals surface area contributed by atoms with Gasteiger partial charge in [-0.3, -0.25) is 4.79 Å². The van der Waals surface area contributed by atoms with Crippen LogP contribution in [0.2, 0.25) is 0 Å². The summed E-state index contributed by atoms with van der Waals surface area (Å²) >= 11 is 0. The van der Waals surface area contributed by atoms with Crippen LogP contribution in [-0.2, 0) is 19.4 Å². The van der Waals surface area contributed by atoms with Gasteiger partial charge in [-0.05, 0) is 44.2 Å². The molecule has 0 spiro atoms. The monoisotopic (exact) mass is 221 g/mol. The van der Waals surface area contributed by atoms with Gasteiger partial charge in [-0.1, -0.05) is 0 Å². The highest BCUT2D eigenvalue weighted by atomic mass is 16.4. The summed E-state index contributed by atoms with van der Waals surface area (Å²) < 4.78 is 1.61. The summed E-state index contributed by atoms with van der Waals surface area (Å²) in [5, 5.41) is 8.97. The van der Waals surface area contributed by atoms with E-state index < -0.39 is 5.97 Å². The maximum absolute atomic E-state index is 11.9. The van der Waals surface area contributed by atoms with Gasteiger partial charge >= 0.3 is 5.97 Å². The largest absolute Gasteiger partial charge is 0.477 e. The van der Waals surface area contributed by atoms with Crippen molar-refractivity contribution in [3.05, 3.63) is 33.2 Å². The van der Waals surface area contributed by atoms with Crippen LogP contribution in [0, 0.1) is 0 Å². The van der Waals surface area contributed by atoms with Gasteiger partial charge < -0.3 is 9.67 Å². The molecule has 4 heteroatoms. The zero-order chi connectivity index (χ0) is 11.7. The Bertz CT molecular complexity index is 488. The molecule has 0 atom stereocenters. The Balaban J connectivity index is 2.69. The van der Waals surface area contributed by atoms with Crippen molar-refractivity contribution in [1.29, 1.82) is 0 Å². The number of aryl methyl sites for hydroxylation is 1. The van der Waals surface area contributed by atoms with Crippen LogP contribution in [0.1, 0.15) is 41.4 Å². The molecule has 0 aliphatic heterocycles. The molecule has 0 saturated heterocycles. The first-order valence-electron chi connectivity index (χ1n) is 5.64. The SMILES string of the molecule is CCn1c2c(cc(C(=O)O)c1=O)CCCC2. The Morgan fingerprint density at radius 2 is 2.12 bits per heavy atom. The molecule has 1 aliphatic rings. The zero-order valence-corrected chi connectivity index (χ0v) is 9.32. The first-order valence-corrected chi connectivity index (χ1v) is 5.64. The molecule has 1 aromatic heterocycles. The summed E-state index contributed by atoms with van der Waals surface area (Å²) in [6.45, 7) is 2.42. The van der Waals surface area contributed by atoms with Gasteiger partial charge in [-0.25, -0.2) is 4.79 Å². The predicted octanol–water partition coefficient (Wildman–Crippen LogP) is 1.45. The van der Waals surface area contributed by atoms with Crippen molar-refractivity contribution in [2.45, 2.75) is 39.2 Å². The summed E-state index contributed by atoms with van der Waals surface area (Å²) in [6, 6.07) is 1.56. The van der Waals surface area contributed by atoms with Crippen molar-refractivity contribution in [3.8, 4) is 0 Å². The molecule has 0 fully saturated rings. The fourth-order valence-corrected chi connectivity index (χ4v) is 2.37. The van der Waals surface area contributed by atoms with Gasteiger partial charge in [0.05, 0.1) is 0 Å². The average molecular weight is 221 g/mol. The van der Waals surface area contributed by atoms with Gasteiger partial charge in [0.25, 0.3) is 5.56 Å². The molecule has 1 aliphatic carbocycles. The molecule has 1 N–H and O–H groups in total. The highest BCUT2D eigenvalue weighted by Gasteiger charge is 2.19. The van der Waals surface area contributed by atoms with Crippen molar-refractivity contribution < 1.29 is 9.90 Å². The summed E-state index contributed by atoms with van der Waals surface area (Å²) in [4.78, 5) is 22.9. The number of aromatic carboxylic acids is 1. The summed E-state index contributed by atoms with van der Waals surface area (Å²) in [5.74, 6) is -1.12. The van der Waals surface area contributed by atoms with Crippen LogP contribution >= 0.6 is 0 Å². The van der Waals surface area contributed by atoms with E-state index in [1.165, 1.54) is 0 Å². The van der Waals surface area contributed by atoms with Gasteiger partial charge in [0.1, 0.15) is 5.56 Å².